The molecule has 1 amide bonds. The third-order valence-electron chi connectivity index (χ3n) is 4.20. The Labute approximate surface area is 127 Å². The number of rotatable bonds is 4. The molecule has 20 heavy (non-hydrogen) atoms. The average molecular weight is 297 g/mol. The maximum Gasteiger partial charge on any atom is 0.223 e. The van der Waals surface area contributed by atoms with E-state index >= 15 is 0 Å². The van der Waals surface area contributed by atoms with E-state index in [4.69, 9.17) is 5.73 Å². The van der Waals surface area contributed by atoms with Crippen LogP contribution in [0.1, 0.15) is 37.7 Å². The number of hydrogen-bond acceptors (Lipinski definition) is 2. The van der Waals surface area contributed by atoms with Crippen LogP contribution in [0.3, 0.4) is 0 Å². The second kappa shape index (κ2) is 8.28. The molecule has 1 aromatic rings. The van der Waals surface area contributed by atoms with E-state index < -0.39 is 0 Å². The predicted molar refractivity (Wildman–Crippen MR) is 85.1 cm³/mol. The quantitative estimate of drug-likeness (QED) is 0.929. The van der Waals surface area contributed by atoms with Gasteiger partial charge in [-0.3, -0.25) is 4.79 Å². The third-order valence-corrected chi connectivity index (χ3v) is 4.20. The molecule has 112 valence electrons. The van der Waals surface area contributed by atoms with Crippen LogP contribution in [-0.2, 0) is 4.79 Å². The minimum atomic E-state index is 0. The number of hydrogen-bond donors (Lipinski definition) is 1. The summed E-state index contributed by atoms with van der Waals surface area (Å²) in [6.45, 7) is 4.43. The highest BCUT2D eigenvalue weighted by molar-refractivity contribution is 5.85. The van der Waals surface area contributed by atoms with Crippen molar-refractivity contribution in [3.8, 4) is 0 Å². The lowest BCUT2D eigenvalue weighted by molar-refractivity contribution is -0.133. The lowest BCUT2D eigenvalue weighted by Crippen LogP contribution is -2.43. The van der Waals surface area contributed by atoms with Crippen LogP contribution in [0, 0.1) is 5.92 Å². The summed E-state index contributed by atoms with van der Waals surface area (Å²) in [6, 6.07) is 10.7. The predicted octanol–water partition coefficient (Wildman–Crippen LogP) is 2.80. The fourth-order valence-electron chi connectivity index (χ4n) is 3.09. The van der Waals surface area contributed by atoms with E-state index in [9.17, 15) is 4.79 Å². The van der Waals surface area contributed by atoms with Crippen LogP contribution in [0.5, 0.6) is 0 Å². The molecule has 2 N–H and O–H groups in total. The van der Waals surface area contributed by atoms with Crippen molar-refractivity contribution in [2.45, 2.75) is 32.1 Å². The molecule has 0 aromatic heterocycles. The molecule has 0 aliphatic carbocycles. The molecule has 1 aromatic carbocycles. The van der Waals surface area contributed by atoms with E-state index in [1.165, 1.54) is 5.56 Å². The summed E-state index contributed by atoms with van der Waals surface area (Å²) in [5.41, 5.74) is 6.89. The van der Waals surface area contributed by atoms with Crippen LogP contribution >= 0.6 is 12.4 Å². The highest BCUT2D eigenvalue weighted by atomic mass is 35.5. The zero-order valence-corrected chi connectivity index (χ0v) is 12.9. The minimum Gasteiger partial charge on any atom is -0.342 e. The van der Waals surface area contributed by atoms with Gasteiger partial charge in [0, 0.05) is 26.1 Å². The van der Waals surface area contributed by atoms with Crippen molar-refractivity contribution in [1.29, 1.82) is 0 Å². The molecule has 0 spiro atoms. The second-order valence-corrected chi connectivity index (χ2v) is 5.35. The van der Waals surface area contributed by atoms with Crippen LogP contribution in [0.15, 0.2) is 30.3 Å². The Morgan fingerprint density at radius 2 is 2.05 bits per heavy atom. The van der Waals surface area contributed by atoms with Gasteiger partial charge in [0.1, 0.15) is 0 Å². The molecule has 0 radical (unpaired) electrons. The zero-order valence-electron chi connectivity index (χ0n) is 12.1. The summed E-state index contributed by atoms with van der Waals surface area (Å²) in [5, 5.41) is 0. The Hall–Kier alpha value is -1.06. The first kappa shape index (κ1) is 17.0. The lowest BCUT2D eigenvalue weighted by atomic mass is 9.79. The largest absolute Gasteiger partial charge is 0.342 e. The number of likely N-dealkylation sites (tertiary alicyclic amines) is 1. The fraction of sp³-hybridized carbons (Fsp3) is 0.562. The number of nitrogens with zero attached hydrogens (tertiary/aromatic N) is 1. The molecule has 0 bridgehead atoms. The Bertz CT molecular complexity index is 410. The van der Waals surface area contributed by atoms with Gasteiger partial charge in [0.05, 0.1) is 0 Å². The van der Waals surface area contributed by atoms with E-state index in [2.05, 4.69) is 37.3 Å². The molecule has 3 nitrogen and oxygen atoms in total. The SMILES string of the molecule is CCC1CN(C(=O)CCN)CCC1c1ccccc1.Cl. The van der Waals surface area contributed by atoms with Gasteiger partial charge in [-0.05, 0) is 23.8 Å². The topological polar surface area (TPSA) is 46.3 Å². The van der Waals surface area contributed by atoms with Crippen molar-refractivity contribution in [1.82, 2.24) is 4.90 Å². The van der Waals surface area contributed by atoms with Gasteiger partial charge in [0.15, 0.2) is 0 Å². The van der Waals surface area contributed by atoms with Gasteiger partial charge in [-0.1, -0.05) is 43.7 Å². The summed E-state index contributed by atoms with van der Waals surface area (Å²) in [7, 11) is 0. The molecule has 1 fully saturated rings. The van der Waals surface area contributed by atoms with Crippen LogP contribution in [0.4, 0.5) is 0 Å². The van der Waals surface area contributed by atoms with Crippen molar-refractivity contribution >= 4 is 18.3 Å². The zero-order chi connectivity index (χ0) is 13.7. The lowest BCUT2D eigenvalue weighted by Gasteiger charge is -2.38. The maximum absolute atomic E-state index is 11.9. The summed E-state index contributed by atoms with van der Waals surface area (Å²) in [5.74, 6) is 1.37. The van der Waals surface area contributed by atoms with Crippen molar-refractivity contribution in [3.05, 3.63) is 35.9 Å². The number of nitrogens with two attached hydrogens (primary N) is 1. The number of carbonyl (C=O) groups excluding carboxylic acids is 1. The van der Waals surface area contributed by atoms with E-state index in [0.29, 0.717) is 24.8 Å². The fourth-order valence-corrected chi connectivity index (χ4v) is 3.09. The highest BCUT2D eigenvalue weighted by Gasteiger charge is 2.30. The molecular weight excluding hydrogens is 272 g/mol. The Morgan fingerprint density at radius 3 is 2.65 bits per heavy atom. The van der Waals surface area contributed by atoms with E-state index in [0.717, 1.165) is 25.9 Å². The van der Waals surface area contributed by atoms with Gasteiger partial charge in [-0.2, -0.15) is 0 Å². The van der Waals surface area contributed by atoms with Crippen molar-refractivity contribution in [3.63, 3.8) is 0 Å². The Morgan fingerprint density at radius 1 is 1.35 bits per heavy atom. The first-order valence-electron chi connectivity index (χ1n) is 7.29. The number of amides is 1. The summed E-state index contributed by atoms with van der Waals surface area (Å²) in [6.07, 6.45) is 2.66. The summed E-state index contributed by atoms with van der Waals surface area (Å²) in [4.78, 5) is 13.9. The van der Waals surface area contributed by atoms with Crippen molar-refractivity contribution < 1.29 is 4.79 Å². The molecule has 1 saturated heterocycles. The van der Waals surface area contributed by atoms with Crippen molar-refractivity contribution in [2.24, 2.45) is 11.7 Å². The van der Waals surface area contributed by atoms with Crippen LogP contribution in [0.2, 0.25) is 0 Å². The molecule has 1 aliphatic rings. The molecule has 0 saturated carbocycles. The van der Waals surface area contributed by atoms with E-state index in [-0.39, 0.29) is 18.3 Å². The molecule has 1 aliphatic heterocycles. The molecule has 1 heterocycles. The minimum absolute atomic E-state index is 0. The molecule has 2 atom stereocenters. The Kier molecular flexibility index (Phi) is 7.03. The standard InChI is InChI=1S/C16H24N2O.ClH/c1-2-13-12-18(16(19)8-10-17)11-9-15(13)14-6-4-3-5-7-14;/h3-7,13,15H,2,8-12,17H2,1H3;1H. The molecule has 4 heteroatoms. The van der Waals surface area contributed by atoms with Crippen LogP contribution < -0.4 is 5.73 Å². The molecular formula is C16H25ClN2O. The summed E-state index contributed by atoms with van der Waals surface area (Å²) < 4.78 is 0. The Balaban J connectivity index is 0.00000200. The third kappa shape index (κ3) is 3.97. The highest BCUT2D eigenvalue weighted by Crippen LogP contribution is 2.34. The van der Waals surface area contributed by atoms with Crippen LogP contribution in [-0.4, -0.2) is 30.4 Å². The van der Waals surface area contributed by atoms with E-state index in [1.807, 2.05) is 4.90 Å². The second-order valence-electron chi connectivity index (χ2n) is 5.35. The summed E-state index contributed by atoms with van der Waals surface area (Å²) >= 11 is 0. The first-order chi connectivity index (χ1) is 9.26. The maximum atomic E-state index is 11.9. The van der Waals surface area contributed by atoms with E-state index in [1.54, 1.807) is 0 Å². The van der Waals surface area contributed by atoms with Gasteiger partial charge in [-0.15, -0.1) is 12.4 Å². The van der Waals surface area contributed by atoms with Gasteiger partial charge < -0.3 is 10.6 Å². The van der Waals surface area contributed by atoms with Crippen LogP contribution in [0.25, 0.3) is 0 Å². The normalized spacial score (nSPS) is 22.2. The van der Waals surface area contributed by atoms with Gasteiger partial charge in [-0.25, -0.2) is 0 Å². The monoisotopic (exact) mass is 296 g/mol. The number of carbonyl (C=O) groups is 1. The van der Waals surface area contributed by atoms with Gasteiger partial charge in [0.25, 0.3) is 0 Å². The number of piperidine rings is 1. The van der Waals surface area contributed by atoms with Crippen molar-refractivity contribution in [2.75, 3.05) is 19.6 Å². The first-order valence-corrected chi connectivity index (χ1v) is 7.29. The molecule has 2 unspecified atom stereocenters. The van der Waals surface area contributed by atoms with Gasteiger partial charge >= 0.3 is 0 Å². The molecule has 2 rings (SSSR count). The average Bonchev–Trinajstić information content (AvgIpc) is 2.47. The van der Waals surface area contributed by atoms with Gasteiger partial charge in [0.2, 0.25) is 5.91 Å². The smallest absolute Gasteiger partial charge is 0.223 e. The number of halogens is 1. The number of benzene rings is 1.